The topological polar surface area (TPSA) is 15.3 Å². The molecule has 1 aliphatic carbocycles. The first kappa shape index (κ1) is 20.7. The van der Waals surface area contributed by atoms with Gasteiger partial charge in [-0.25, -0.2) is 17.6 Å². The minimum Gasteiger partial charge on any atom is -0.311 e. The molecule has 1 aliphatic heterocycles. The number of alkyl halides is 2. The Bertz CT molecular complexity index is 621. The fourth-order valence-electron chi connectivity index (χ4n) is 3.84. The number of nitrogens with one attached hydrogen (secondary N) is 1. The van der Waals surface area contributed by atoms with Crippen molar-refractivity contribution in [2.45, 2.75) is 50.7 Å². The predicted octanol–water partition coefficient (Wildman–Crippen LogP) is 4.81. The molecule has 8 heteroatoms. The largest absolute Gasteiger partial charge is 0.311 e. The quantitative estimate of drug-likeness (QED) is 0.578. The minimum atomic E-state index is -2.72. The SMILES string of the molecule is C[C@@H]1CN[C@@H](C)CN1C(c1cc(F)c(Cl)cc1F)C1CC(F)(F)C1.Cl. The molecule has 0 amide bonds. The van der Waals surface area contributed by atoms with Crippen molar-refractivity contribution in [1.82, 2.24) is 10.2 Å². The average Bonchev–Trinajstić information content (AvgIpc) is 2.46. The lowest BCUT2D eigenvalue weighted by Gasteiger charge is -2.49. The van der Waals surface area contributed by atoms with Crippen LogP contribution in [-0.4, -0.2) is 36.0 Å². The van der Waals surface area contributed by atoms with E-state index >= 15 is 0 Å². The van der Waals surface area contributed by atoms with Gasteiger partial charge < -0.3 is 5.32 Å². The maximum absolute atomic E-state index is 14.5. The van der Waals surface area contributed by atoms with Crippen molar-refractivity contribution in [3.63, 3.8) is 0 Å². The molecule has 1 N–H and O–H groups in total. The molecule has 3 rings (SSSR count). The highest BCUT2D eigenvalue weighted by Gasteiger charge is 2.51. The summed E-state index contributed by atoms with van der Waals surface area (Å²) < 4.78 is 55.3. The van der Waals surface area contributed by atoms with Crippen LogP contribution in [0.4, 0.5) is 17.6 Å². The highest BCUT2D eigenvalue weighted by molar-refractivity contribution is 6.30. The van der Waals surface area contributed by atoms with E-state index < -0.39 is 29.5 Å². The molecule has 25 heavy (non-hydrogen) atoms. The van der Waals surface area contributed by atoms with Crippen LogP contribution in [0.25, 0.3) is 0 Å². The molecule has 1 aromatic carbocycles. The van der Waals surface area contributed by atoms with Crippen LogP contribution in [0.3, 0.4) is 0 Å². The van der Waals surface area contributed by atoms with E-state index in [0.717, 1.165) is 12.1 Å². The van der Waals surface area contributed by atoms with Gasteiger partial charge in [0, 0.05) is 49.6 Å². The Labute approximate surface area is 156 Å². The van der Waals surface area contributed by atoms with E-state index in [1.54, 1.807) is 0 Å². The van der Waals surface area contributed by atoms with Gasteiger partial charge in [-0.1, -0.05) is 11.6 Å². The molecular formula is C17H22Cl2F4N2. The standard InChI is InChI=1S/C17H21ClF4N2.ClH/c1-9-8-24(10(2)7-23-9)16(11-5-17(21,22)6-11)12-3-15(20)13(18)4-14(12)19;/h3-4,9-11,16,23H,5-8H2,1-2H3;1H/t9-,10+,16?;/m0./s1. The third-order valence-electron chi connectivity index (χ3n) is 5.10. The van der Waals surface area contributed by atoms with Crippen LogP contribution in [0.2, 0.25) is 5.02 Å². The van der Waals surface area contributed by atoms with E-state index in [1.165, 1.54) is 0 Å². The second-order valence-corrected chi connectivity index (χ2v) is 7.52. The van der Waals surface area contributed by atoms with E-state index in [9.17, 15) is 17.6 Å². The molecule has 2 nitrogen and oxygen atoms in total. The molecule has 0 radical (unpaired) electrons. The summed E-state index contributed by atoms with van der Waals surface area (Å²) in [7, 11) is 0. The smallest absolute Gasteiger partial charge is 0.248 e. The number of benzene rings is 1. The van der Waals surface area contributed by atoms with Crippen molar-refractivity contribution in [3.05, 3.63) is 34.4 Å². The molecule has 1 unspecified atom stereocenters. The maximum Gasteiger partial charge on any atom is 0.248 e. The molecule has 1 saturated carbocycles. The normalized spacial score (nSPS) is 28.1. The Morgan fingerprint density at radius 2 is 1.84 bits per heavy atom. The second kappa shape index (κ2) is 7.59. The lowest BCUT2D eigenvalue weighted by molar-refractivity contribution is -0.138. The lowest BCUT2D eigenvalue weighted by Crippen LogP contribution is -2.58. The van der Waals surface area contributed by atoms with Crippen LogP contribution < -0.4 is 5.32 Å². The van der Waals surface area contributed by atoms with Gasteiger partial charge in [-0.3, -0.25) is 4.90 Å². The van der Waals surface area contributed by atoms with Crippen LogP contribution in [0.5, 0.6) is 0 Å². The molecule has 3 atom stereocenters. The summed E-state index contributed by atoms with van der Waals surface area (Å²) in [6, 6.07) is 1.63. The summed E-state index contributed by atoms with van der Waals surface area (Å²) >= 11 is 5.64. The molecule has 0 aromatic heterocycles. The highest BCUT2D eigenvalue weighted by atomic mass is 35.5. The number of hydrogen-bond acceptors (Lipinski definition) is 2. The molecule has 142 valence electrons. The van der Waals surface area contributed by atoms with Gasteiger partial charge >= 0.3 is 0 Å². The summed E-state index contributed by atoms with van der Waals surface area (Å²) in [6.45, 7) is 5.23. The van der Waals surface area contributed by atoms with Crippen molar-refractivity contribution in [1.29, 1.82) is 0 Å². The molecule has 1 heterocycles. The van der Waals surface area contributed by atoms with Crippen LogP contribution in [0.1, 0.15) is 38.3 Å². The zero-order chi connectivity index (χ0) is 17.6. The second-order valence-electron chi connectivity index (χ2n) is 7.11. The monoisotopic (exact) mass is 400 g/mol. The summed E-state index contributed by atoms with van der Waals surface area (Å²) in [5.74, 6) is -4.48. The van der Waals surface area contributed by atoms with E-state index in [1.807, 2.05) is 18.7 Å². The van der Waals surface area contributed by atoms with Crippen LogP contribution in [-0.2, 0) is 0 Å². The number of rotatable bonds is 3. The van der Waals surface area contributed by atoms with Gasteiger partial charge in [0.2, 0.25) is 5.92 Å². The maximum atomic E-state index is 14.5. The fraction of sp³-hybridized carbons (Fsp3) is 0.647. The Kier molecular flexibility index (Phi) is 6.30. The Balaban J connectivity index is 0.00000225. The van der Waals surface area contributed by atoms with Gasteiger partial charge in [0.25, 0.3) is 0 Å². The van der Waals surface area contributed by atoms with E-state index in [2.05, 4.69) is 5.32 Å². The van der Waals surface area contributed by atoms with E-state index in [0.29, 0.717) is 13.1 Å². The van der Waals surface area contributed by atoms with Crippen molar-refractivity contribution < 1.29 is 17.6 Å². The van der Waals surface area contributed by atoms with Gasteiger partial charge in [0.05, 0.1) is 5.02 Å². The van der Waals surface area contributed by atoms with Crippen molar-refractivity contribution in [2.75, 3.05) is 13.1 Å². The molecule has 1 saturated heterocycles. The highest BCUT2D eigenvalue weighted by Crippen LogP contribution is 2.51. The summed E-state index contributed by atoms with van der Waals surface area (Å²) in [5, 5.41) is 3.02. The first-order chi connectivity index (χ1) is 11.2. The summed E-state index contributed by atoms with van der Waals surface area (Å²) in [4.78, 5) is 2.02. The van der Waals surface area contributed by atoms with Crippen LogP contribution in [0.15, 0.2) is 12.1 Å². The molecule has 1 aromatic rings. The first-order valence-corrected chi connectivity index (χ1v) is 8.57. The van der Waals surface area contributed by atoms with Gasteiger partial charge in [-0.05, 0) is 31.9 Å². The van der Waals surface area contributed by atoms with Crippen molar-refractivity contribution >= 4 is 24.0 Å². The molecule has 2 fully saturated rings. The van der Waals surface area contributed by atoms with Gasteiger partial charge in [-0.2, -0.15) is 0 Å². The third-order valence-corrected chi connectivity index (χ3v) is 5.39. The van der Waals surface area contributed by atoms with Crippen molar-refractivity contribution in [2.24, 2.45) is 5.92 Å². The van der Waals surface area contributed by atoms with Crippen LogP contribution >= 0.6 is 24.0 Å². The number of nitrogens with zero attached hydrogens (tertiary/aromatic N) is 1. The molecular weight excluding hydrogens is 379 g/mol. The zero-order valence-electron chi connectivity index (χ0n) is 14.0. The first-order valence-electron chi connectivity index (χ1n) is 8.19. The minimum absolute atomic E-state index is 0. The summed E-state index contributed by atoms with van der Waals surface area (Å²) in [5.41, 5.74) is 0.123. The van der Waals surface area contributed by atoms with Gasteiger partial charge in [-0.15, -0.1) is 12.4 Å². The van der Waals surface area contributed by atoms with Gasteiger partial charge in [0.1, 0.15) is 11.6 Å². The summed E-state index contributed by atoms with van der Waals surface area (Å²) in [6.07, 6.45) is -0.598. The van der Waals surface area contributed by atoms with E-state index in [4.69, 9.17) is 11.6 Å². The lowest BCUT2D eigenvalue weighted by atomic mass is 9.73. The fourth-order valence-corrected chi connectivity index (χ4v) is 3.99. The number of piperazine rings is 1. The van der Waals surface area contributed by atoms with E-state index in [-0.39, 0.29) is 47.9 Å². The van der Waals surface area contributed by atoms with Crippen LogP contribution in [0, 0.1) is 17.6 Å². The Hall–Kier alpha value is -0.560. The predicted molar refractivity (Wildman–Crippen MR) is 92.7 cm³/mol. The molecule has 0 bridgehead atoms. The number of halogens is 6. The molecule has 2 aliphatic rings. The average molecular weight is 401 g/mol. The molecule has 0 spiro atoms. The van der Waals surface area contributed by atoms with Crippen molar-refractivity contribution in [3.8, 4) is 0 Å². The zero-order valence-corrected chi connectivity index (χ0v) is 15.6. The van der Waals surface area contributed by atoms with Gasteiger partial charge in [0.15, 0.2) is 0 Å². The number of hydrogen-bond donors (Lipinski definition) is 1. The third kappa shape index (κ3) is 4.24. The Morgan fingerprint density at radius 3 is 2.44 bits per heavy atom. The Morgan fingerprint density at radius 1 is 1.20 bits per heavy atom.